The minimum absolute atomic E-state index is 0. The molecule has 0 spiro atoms. The number of hydrogen-bond acceptors (Lipinski definition) is 18. The van der Waals surface area contributed by atoms with E-state index in [4.69, 9.17) is 24.1 Å². The number of aromatic carboxylic acids is 1. The molecule has 0 aromatic carbocycles. The molecule has 6 aromatic heterocycles. The number of nitrogens with zero attached hydrogens (tertiary/aromatic N) is 6. The first kappa shape index (κ1) is 58.1. The van der Waals surface area contributed by atoms with Crippen LogP contribution in [-0.4, -0.2) is 104 Å². The summed E-state index contributed by atoms with van der Waals surface area (Å²) >= 11 is 0. The Morgan fingerprint density at radius 1 is 0.629 bits per heavy atom. The molecule has 22 heteroatoms. The number of nitrogens with one attached hydrogen (secondary N) is 2. The minimum Gasteiger partial charge on any atom is -0.870 e. The molecular weight excluding hydrogens is 905 g/mol. The van der Waals surface area contributed by atoms with Crippen molar-refractivity contribution in [2.75, 3.05) is 10.6 Å². The van der Waals surface area contributed by atoms with Crippen LogP contribution in [0.2, 0.25) is 0 Å². The van der Waals surface area contributed by atoms with Crippen LogP contribution in [0.25, 0.3) is 34.4 Å². The quantitative estimate of drug-likeness (QED) is 0.0629. The van der Waals surface area contributed by atoms with Crippen molar-refractivity contribution >= 4 is 29.2 Å². The van der Waals surface area contributed by atoms with Gasteiger partial charge >= 0.3 is 24.8 Å². The third-order valence-corrected chi connectivity index (χ3v) is 11.7. The maximum absolute atomic E-state index is 12.8. The fraction of sp³-hybridized carbons (Fsp3) is 0.438. The Bertz CT molecular complexity index is 2430. The second-order valence-corrected chi connectivity index (χ2v) is 16.9. The van der Waals surface area contributed by atoms with E-state index in [1.807, 2.05) is 6.07 Å². The number of rotatable bonds is 10. The summed E-state index contributed by atoms with van der Waals surface area (Å²) in [4.78, 5) is 57.0. The smallest absolute Gasteiger partial charge is 0.870 e. The normalized spacial score (nSPS) is 20.3. The zero-order valence-electron chi connectivity index (χ0n) is 39.8. The van der Waals surface area contributed by atoms with E-state index in [0.717, 1.165) is 69.1 Å². The van der Waals surface area contributed by atoms with Crippen molar-refractivity contribution in [3.8, 4) is 34.4 Å². The summed E-state index contributed by atoms with van der Waals surface area (Å²) in [5, 5.41) is 35.4. The number of ketones is 2. The van der Waals surface area contributed by atoms with Crippen LogP contribution in [0, 0.1) is 11.9 Å². The van der Waals surface area contributed by atoms with Crippen LogP contribution >= 0.6 is 0 Å². The Labute approximate surface area is 416 Å². The number of hydrogen-bond donors (Lipinski definition) is 6. The molecule has 6 atom stereocenters. The van der Waals surface area contributed by atoms with Gasteiger partial charge in [-0.15, -0.1) is 0 Å². The number of carboxylic acid groups (broad SMARTS) is 1. The standard InChI is InChI=1S/C16H19N3O3.C15H17N3O4.C10H7FN2O2.C7H15N.Li.2H2O/c1-10(20)13-9-22-16(19-13)11-6-7-17-15(8-11)18-12-4-2-3-5-14(12)21;19-12-4-2-1-3-10(12)17-13-7-9(5-6-16-13)14-18-11(8-22-14)15(20)21;1-6(14)8-5-15-10(13-8)7-2-3-12-9(11)4-7;1-6-4-2-3-5-7(6)8;;;/h6-9,12,14,21H,2-5H2,1H3,(H,17,18);5-8,10,12,19H,1-4H2,(H,16,17)(H,20,21);2-5H,1H3;6-7H,2-5,8H2,1H3;;2*1H2/q;;;;+1;;/p-1/t12-,14-;10-,12-;;6-,7-;;;/m00.0.../s1. The molecule has 6 heterocycles. The number of carboxylic acids is 1. The Morgan fingerprint density at radius 3 is 1.37 bits per heavy atom. The number of carbonyl (C=O) groups excluding carboxylic acids is 2. The summed E-state index contributed by atoms with van der Waals surface area (Å²) in [5.74, 6) is 0.816. The van der Waals surface area contributed by atoms with E-state index in [2.05, 4.69) is 47.5 Å². The van der Waals surface area contributed by atoms with Crippen molar-refractivity contribution in [2.45, 2.75) is 128 Å². The number of Topliss-reactive ketones (excluding diaryl/α,β-unsaturated/α-hetero) is 2. The summed E-state index contributed by atoms with van der Waals surface area (Å²) in [6.45, 7) is 5.09. The van der Waals surface area contributed by atoms with E-state index in [0.29, 0.717) is 40.4 Å². The molecule has 3 saturated carbocycles. The molecule has 0 amide bonds. The summed E-state index contributed by atoms with van der Waals surface area (Å²) in [5.41, 5.74) is 8.01. The van der Waals surface area contributed by atoms with Crippen LogP contribution in [0.1, 0.15) is 129 Å². The Balaban J connectivity index is 0.000000256. The van der Waals surface area contributed by atoms with Gasteiger partial charge in [-0.3, -0.25) is 9.59 Å². The van der Waals surface area contributed by atoms with E-state index in [-0.39, 0.29) is 88.8 Å². The fourth-order valence-electron chi connectivity index (χ4n) is 7.75. The Morgan fingerprint density at radius 2 is 1.01 bits per heavy atom. The van der Waals surface area contributed by atoms with Gasteiger partial charge in [-0.05, 0) is 74.8 Å². The van der Waals surface area contributed by atoms with Crippen LogP contribution in [-0.2, 0) is 0 Å². The van der Waals surface area contributed by atoms with Crippen LogP contribution < -0.4 is 35.2 Å². The van der Waals surface area contributed by atoms with E-state index < -0.39 is 11.9 Å². The molecule has 0 radical (unpaired) electrons. The molecule has 70 heavy (non-hydrogen) atoms. The van der Waals surface area contributed by atoms with Gasteiger partial charge in [0.25, 0.3) is 0 Å². The van der Waals surface area contributed by atoms with Gasteiger partial charge in [0.15, 0.2) is 17.3 Å². The van der Waals surface area contributed by atoms with Gasteiger partial charge in [-0.25, -0.2) is 34.7 Å². The van der Waals surface area contributed by atoms with Crippen molar-refractivity contribution in [2.24, 2.45) is 11.7 Å². The molecule has 0 unspecified atom stereocenters. The zero-order valence-corrected chi connectivity index (χ0v) is 39.8. The van der Waals surface area contributed by atoms with Crippen molar-refractivity contribution in [3.63, 3.8) is 0 Å². The van der Waals surface area contributed by atoms with E-state index >= 15 is 0 Å². The number of carbonyl (C=O) groups is 3. The number of anilines is 2. The molecular formula is C48H61FLiN9O11. The zero-order chi connectivity index (χ0) is 47.9. The van der Waals surface area contributed by atoms with E-state index in [1.54, 1.807) is 36.7 Å². The number of halogens is 1. The summed E-state index contributed by atoms with van der Waals surface area (Å²) in [6.07, 6.45) is 20.6. The SMILES string of the molecule is CC(=O)c1coc(-c2ccnc(F)c2)n1.CC(=O)c1coc(-c2ccnc(N[C@H]3CCCC[C@@H]3O)c2)n1.C[C@H]1CCCC[C@@H]1N.O.O=C(O)c1coc(-c2ccnc(N[C@H]3CCCC[C@@H]3O)c2)n1.[Li+].[OH-]. The van der Waals surface area contributed by atoms with Crippen molar-refractivity contribution in [1.29, 1.82) is 0 Å². The number of aliphatic hydroxyl groups is 2. The molecule has 0 bridgehead atoms. The van der Waals surface area contributed by atoms with Gasteiger partial charge in [0.1, 0.15) is 41.8 Å². The number of pyridine rings is 3. The summed E-state index contributed by atoms with van der Waals surface area (Å²) in [7, 11) is 0. The fourth-order valence-corrected chi connectivity index (χ4v) is 7.75. The molecule has 9 rings (SSSR count). The monoisotopic (exact) mass is 965 g/mol. The van der Waals surface area contributed by atoms with Gasteiger partial charge in [-0.1, -0.05) is 45.4 Å². The first-order valence-corrected chi connectivity index (χ1v) is 22.5. The Kier molecular flexibility index (Phi) is 23.6. The predicted octanol–water partition coefficient (Wildman–Crippen LogP) is 4.41. The first-order chi connectivity index (χ1) is 32.2. The molecule has 6 aromatic rings. The van der Waals surface area contributed by atoms with Crippen LogP contribution in [0.5, 0.6) is 0 Å². The maximum atomic E-state index is 12.8. The molecule has 0 saturated heterocycles. The van der Waals surface area contributed by atoms with Gasteiger partial charge in [0, 0.05) is 61.2 Å². The second-order valence-electron chi connectivity index (χ2n) is 16.9. The van der Waals surface area contributed by atoms with Crippen LogP contribution in [0.3, 0.4) is 0 Å². The van der Waals surface area contributed by atoms with E-state index in [9.17, 15) is 29.0 Å². The summed E-state index contributed by atoms with van der Waals surface area (Å²) < 4.78 is 28.3. The number of aromatic nitrogens is 6. The molecule has 372 valence electrons. The largest absolute Gasteiger partial charge is 1.00 e. The molecule has 3 aliphatic carbocycles. The van der Waals surface area contributed by atoms with Gasteiger partial charge < -0.3 is 55.9 Å². The van der Waals surface area contributed by atoms with Gasteiger partial charge in [0.05, 0.1) is 24.3 Å². The van der Waals surface area contributed by atoms with Crippen LogP contribution in [0.15, 0.2) is 87.0 Å². The van der Waals surface area contributed by atoms with E-state index in [1.165, 1.54) is 64.3 Å². The van der Waals surface area contributed by atoms with Crippen molar-refractivity contribution < 1.29 is 77.2 Å². The van der Waals surface area contributed by atoms with Crippen LogP contribution in [0.4, 0.5) is 16.0 Å². The Hall–Kier alpha value is -6.18. The van der Waals surface area contributed by atoms with Gasteiger partial charge in [-0.2, -0.15) is 4.39 Å². The molecule has 10 N–H and O–H groups in total. The average molecular weight is 966 g/mol. The maximum Gasteiger partial charge on any atom is 1.00 e. The minimum atomic E-state index is -1.13. The summed E-state index contributed by atoms with van der Waals surface area (Å²) in [6, 6.07) is 10.3. The first-order valence-electron chi connectivity index (χ1n) is 22.5. The number of oxazole rings is 3. The molecule has 20 nitrogen and oxygen atoms in total. The molecule has 3 fully saturated rings. The topological polar surface area (TPSA) is 340 Å². The third-order valence-electron chi connectivity index (χ3n) is 11.7. The number of aliphatic hydroxyl groups excluding tert-OH is 2. The van der Waals surface area contributed by atoms with Crippen molar-refractivity contribution in [3.05, 3.63) is 96.8 Å². The predicted molar refractivity (Wildman–Crippen MR) is 251 cm³/mol. The van der Waals surface area contributed by atoms with Crippen molar-refractivity contribution in [1.82, 2.24) is 29.9 Å². The average Bonchev–Trinajstić information content (AvgIpc) is 4.13. The van der Waals surface area contributed by atoms with Gasteiger partial charge in [0.2, 0.25) is 23.6 Å². The third kappa shape index (κ3) is 17.0. The molecule has 3 aliphatic rings. The second kappa shape index (κ2) is 28.5. The molecule has 0 aliphatic heterocycles. The number of nitrogens with two attached hydrogens (primary N) is 1.